The second kappa shape index (κ2) is 3.17. The van der Waals surface area contributed by atoms with Gasteiger partial charge in [0, 0.05) is 6.42 Å². The first-order chi connectivity index (χ1) is 5.17. The summed E-state index contributed by atoms with van der Waals surface area (Å²) in [5.74, 6) is -3.77. The van der Waals surface area contributed by atoms with Crippen LogP contribution in [0.2, 0.25) is 0 Å². The highest BCUT2D eigenvalue weighted by molar-refractivity contribution is 4.94. The molecule has 0 saturated heterocycles. The highest BCUT2D eigenvalue weighted by atomic mass is 19.3. The SMILES string of the molecule is N#CC1CCCCCC1(F)F. The number of rotatable bonds is 0. The summed E-state index contributed by atoms with van der Waals surface area (Å²) < 4.78 is 25.8. The number of hydrogen-bond acceptors (Lipinski definition) is 1. The fourth-order valence-corrected chi connectivity index (χ4v) is 1.43. The summed E-state index contributed by atoms with van der Waals surface area (Å²) in [5, 5.41) is 8.42. The third-order valence-electron chi connectivity index (χ3n) is 2.17. The fourth-order valence-electron chi connectivity index (χ4n) is 1.43. The molecule has 1 fully saturated rings. The Bertz CT molecular complexity index is 171. The summed E-state index contributed by atoms with van der Waals surface area (Å²) in [5.41, 5.74) is 0. The molecule has 1 unspecified atom stereocenters. The minimum absolute atomic E-state index is 0.106. The largest absolute Gasteiger partial charge is 0.263 e. The van der Waals surface area contributed by atoms with E-state index in [0.29, 0.717) is 12.8 Å². The molecular formula is C8H11F2N. The summed E-state index contributed by atoms with van der Waals surface area (Å²) >= 11 is 0. The van der Waals surface area contributed by atoms with Crippen LogP contribution in [0.5, 0.6) is 0 Å². The van der Waals surface area contributed by atoms with Gasteiger partial charge in [0.1, 0.15) is 5.92 Å². The lowest BCUT2D eigenvalue weighted by atomic mass is 9.98. The van der Waals surface area contributed by atoms with Crippen LogP contribution in [0, 0.1) is 17.2 Å². The molecule has 1 aliphatic carbocycles. The zero-order valence-electron chi connectivity index (χ0n) is 6.32. The van der Waals surface area contributed by atoms with Crippen LogP contribution < -0.4 is 0 Å². The Morgan fingerprint density at radius 1 is 1.27 bits per heavy atom. The van der Waals surface area contributed by atoms with Gasteiger partial charge in [-0.15, -0.1) is 0 Å². The summed E-state index contributed by atoms with van der Waals surface area (Å²) in [6, 6.07) is 1.68. The number of halogens is 2. The minimum atomic E-state index is -2.73. The van der Waals surface area contributed by atoms with Crippen LogP contribution in [0.4, 0.5) is 8.78 Å². The van der Waals surface area contributed by atoms with Gasteiger partial charge in [-0.05, 0) is 12.8 Å². The lowest BCUT2D eigenvalue weighted by Crippen LogP contribution is -2.25. The van der Waals surface area contributed by atoms with Gasteiger partial charge in [0.15, 0.2) is 0 Å². The molecule has 0 aromatic heterocycles. The number of nitriles is 1. The number of hydrogen-bond donors (Lipinski definition) is 0. The molecule has 3 heteroatoms. The molecule has 0 aromatic rings. The van der Waals surface area contributed by atoms with Gasteiger partial charge in [-0.3, -0.25) is 0 Å². The van der Waals surface area contributed by atoms with Crippen LogP contribution in [-0.2, 0) is 0 Å². The molecule has 0 aliphatic heterocycles. The van der Waals surface area contributed by atoms with Gasteiger partial charge in [-0.1, -0.05) is 12.8 Å². The van der Waals surface area contributed by atoms with E-state index in [1.165, 1.54) is 0 Å². The molecule has 1 nitrogen and oxygen atoms in total. The third-order valence-corrected chi connectivity index (χ3v) is 2.17. The molecule has 0 spiro atoms. The second-order valence-electron chi connectivity index (χ2n) is 3.04. The molecular weight excluding hydrogens is 148 g/mol. The molecule has 11 heavy (non-hydrogen) atoms. The van der Waals surface area contributed by atoms with Crippen molar-refractivity contribution >= 4 is 0 Å². The van der Waals surface area contributed by atoms with E-state index in [4.69, 9.17) is 5.26 Å². The van der Waals surface area contributed by atoms with Gasteiger partial charge >= 0.3 is 0 Å². The Morgan fingerprint density at radius 2 is 2.00 bits per heavy atom. The monoisotopic (exact) mass is 159 g/mol. The molecule has 0 N–H and O–H groups in total. The highest BCUT2D eigenvalue weighted by Crippen LogP contribution is 2.36. The molecule has 1 aliphatic rings. The molecule has 1 saturated carbocycles. The Morgan fingerprint density at radius 3 is 2.64 bits per heavy atom. The van der Waals surface area contributed by atoms with Crippen LogP contribution in [0.1, 0.15) is 32.1 Å². The molecule has 62 valence electrons. The summed E-state index contributed by atoms with van der Waals surface area (Å²) in [6.45, 7) is 0. The lowest BCUT2D eigenvalue weighted by Gasteiger charge is -2.17. The van der Waals surface area contributed by atoms with Gasteiger partial charge < -0.3 is 0 Å². The average Bonchev–Trinajstić information content (AvgIpc) is 2.10. The van der Waals surface area contributed by atoms with Crippen molar-refractivity contribution in [3.05, 3.63) is 0 Å². The van der Waals surface area contributed by atoms with E-state index >= 15 is 0 Å². The van der Waals surface area contributed by atoms with E-state index in [1.54, 1.807) is 6.07 Å². The van der Waals surface area contributed by atoms with Crippen molar-refractivity contribution in [1.82, 2.24) is 0 Å². The number of nitrogens with zero attached hydrogens (tertiary/aromatic N) is 1. The molecule has 1 rings (SSSR count). The van der Waals surface area contributed by atoms with Crippen molar-refractivity contribution < 1.29 is 8.78 Å². The van der Waals surface area contributed by atoms with E-state index in [1.807, 2.05) is 0 Å². The molecule has 0 bridgehead atoms. The van der Waals surface area contributed by atoms with Crippen molar-refractivity contribution in [2.75, 3.05) is 0 Å². The van der Waals surface area contributed by atoms with Crippen molar-refractivity contribution in [3.63, 3.8) is 0 Å². The van der Waals surface area contributed by atoms with Crippen molar-refractivity contribution in [2.24, 2.45) is 5.92 Å². The summed E-state index contributed by atoms with van der Waals surface area (Å²) in [6.07, 6.45) is 2.43. The highest BCUT2D eigenvalue weighted by Gasteiger charge is 2.39. The topological polar surface area (TPSA) is 23.8 Å². The van der Waals surface area contributed by atoms with Gasteiger partial charge in [-0.25, -0.2) is 8.78 Å². The Hall–Kier alpha value is -0.650. The fraction of sp³-hybridized carbons (Fsp3) is 0.875. The maximum absolute atomic E-state index is 12.9. The van der Waals surface area contributed by atoms with Crippen molar-refractivity contribution in [1.29, 1.82) is 5.26 Å². The predicted molar refractivity (Wildman–Crippen MR) is 37.1 cm³/mol. The molecule has 0 aromatic carbocycles. The van der Waals surface area contributed by atoms with Crippen LogP contribution >= 0.6 is 0 Å². The van der Waals surface area contributed by atoms with E-state index in [0.717, 1.165) is 12.8 Å². The lowest BCUT2D eigenvalue weighted by molar-refractivity contribution is -0.0431. The van der Waals surface area contributed by atoms with Crippen molar-refractivity contribution in [2.45, 2.75) is 38.0 Å². The normalized spacial score (nSPS) is 30.5. The molecule has 0 radical (unpaired) electrons. The smallest absolute Gasteiger partial charge is 0.205 e. The first-order valence-electron chi connectivity index (χ1n) is 3.94. The predicted octanol–water partition coefficient (Wildman–Crippen LogP) is 2.73. The van der Waals surface area contributed by atoms with E-state index < -0.39 is 11.8 Å². The van der Waals surface area contributed by atoms with E-state index in [-0.39, 0.29) is 6.42 Å². The van der Waals surface area contributed by atoms with Gasteiger partial charge in [0.05, 0.1) is 6.07 Å². The zero-order valence-corrected chi connectivity index (χ0v) is 6.32. The first kappa shape index (κ1) is 8.45. The Balaban J connectivity index is 2.65. The molecule has 0 amide bonds. The van der Waals surface area contributed by atoms with Gasteiger partial charge in [0.2, 0.25) is 0 Å². The first-order valence-corrected chi connectivity index (χ1v) is 3.94. The molecule has 0 heterocycles. The summed E-state index contributed by atoms with van der Waals surface area (Å²) in [4.78, 5) is 0. The number of alkyl halides is 2. The zero-order chi connectivity index (χ0) is 8.32. The molecule has 1 atom stereocenters. The standard InChI is InChI=1S/C8H11F2N/c9-8(10)5-3-1-2-4-7(8)6-11/h7H,1-5H2. The van der Waals surface area contributed by atoms with Gasteiger partial charge in [-0.2, -0.15) is 5.26 Å². The Kier molecular flexibility index (Phi) is 2.43. The van der Waals surface area contributed by atoms with E-state index in [2.05, 4.69) is 0 Å². The average molecular weight is 159 g/mol. The van der Waals surface area contributed by atoms with Crippen LogP contribution in [0.15, 0.2) is 0 Å². The van der Waals surface area contributed by atoms with Crippen LogP contribution in [0.25, 0.3) is 0 Å². The van der Waals surface area contributed by atoms with Gasteiger partial charge in [0.25, 0.3) is 5.92 Å². The van der Waals surface area contributed by atoms with Crippen LogP contribution in [-0.4, -0.2) is 5.92 Å². The maximum Gasteiger partial charge on any atom is 0.263 e. The van der Waals surface area contributed by atoms with Crippen molar-refractivity contribution in [3.8, 4) is 6.07 Å². The second-order valence-corrected chi connectivity index (χ2v) is 3.04. The Labute approximate surface area is 65.0 Å². The quantitative estimate of drug-likeness (QED) is 0.498. The third kappa shape index (κ3) is 1.89. The summed E-state index contributed by atoms with van der Waals surface area (Å²) in [7, 11) is 0. The van der Waals surface area contributed by atoms with E-state index in [9.17, 15) is 8.78 Å². The van der Waals surface area contributed by atoms with Crippen LogP contribution in [0.3, 0.4) is 0 Å². The maximum atomic E-state index is 12.9. The minimum Gasteiger partial charge on any atom is -0.205 e.